The molecule has 1 heterocycles. The van der Waals surface area contributed by atoms with Crippen LogP contribution in [0.25, 0.3) is 6.08 Å². The third kappa shape index (κ3) is 3.68. The van der Waals surface area contributed by atoms with Crippen LogP contribution < -0.4 is 10.6 Å². The fraction of sp³-hybridized carbons (Fsp3) is 0.292. The first-order valence-electron chi connectivity index (χ1n) is 9.55. The van der Waals surface area contributed by atoms with Gasteiger partial charge in [-0.2, -0.15) is 0 Å². The van der Waals surface area contributed by atoms with E-state index in [1.54, 1.807) is 0 Å². The summed E-state index contributed by atoms with van der Waals surface area (Å²) in [6.07, 6.45) is 5.66. The lowest BCUT2D eigenvalue weighted by Gasteiger charge is -2.33. The molecule has 1 unspecified atom stereocenters. The minimum absolute atomic E-state index is 0.0220. The number of ketones is 1. The molecular weight excluding hydrogens is 332 g/mol. The minimum atomic E-state index is -0.139. The van der Waals surface area contributed by atoms with Crippen molar-refractivity contribution in [2.75, 3.05) is 10.6 Å². The smallest absolute Gasteiger partial charge is 0.163 e. The van der Waals surface area contributed by atoms with Gasteiger partial charge in [0.2, 0.25) is 0 Å². The maximum absolute atomic E-state index is 13.1. The van der Waals surface area contributed by atoms with E-state index in [1.165, 1.54) is 5.56 Å². The molecular formula is C24H26N2O. The molecule has 0 saturated carbocycles. The average Bonchev–Trinajstić information content (AvgIpc) is 2.75. The Morgan fingerprint density at radius 3 is 2.59 bits per heavy atom. The largest absolute Gasteiger partial charge is 0.373 e. The number of carbonyl (C=O) groups excluding carboxylic acids is 1. The fourth-order valence-electron chi connectivity index (χ4n) is 4.01. The number of hydrogen-bond donors (Lipinski definition) is 2. The number of fused-ring (bicyclic) bond motifs is 1. The van der Waals surface area contributed by atoms with Crippen molar-refractivity contribution in [1.29, 1.82) is 0 Å². The van der Waals surface area contributed by atoms with Crippen molar-refractivity contribution >= 4 is 23.2 Å². The molecule has 0 aromatic heterocycles. The molecule has 138 valence electrons. The Labute approximate surface area is 161 Å². The molecule has 2 aliphatic rings. The molecule has 2 aromatic carbocycles. The van der Waals surface area contributed by atoms with Crippen molar-refractivity contribution in [1.82, 2.24) is 0 Å². The highest BCUT2D eigenvalue weighted by atomic mass is 16.1. The van der Waals surface area contributed by atoms with E-state index in [-0.39, 0.29) is 17.2 Å². The maximum atomic E-state index is 13.1. The van der Waals surface area contributed by atoms with Gasteiger partial charge in [-0.1, -0.05) is 62.4 Å². The second kappa shape index (κ2) is 6.73. The zero-order valence-electron chi connectivity index (χ0n) is 16.2. The highest BCUT2D eigenvalue weighted by molar-refractivity contribution is 6.01. The summed E-state index contributed by atoms with van der Waals surface area (Å²) in [5, 5.41) is 7.16. The number of hydrogen-bond acceptors (Lipinski definition) is 3. The van der Waals surface area contributed by atoms with E-state index in [1.807, 2.05) is 18.2 Å². The van der Waals surface area contributed by atoms with Gasteiger partial charge in [-0.05, 0) is 42.0 Å². The predicted molar refractivity (Wildman–Crippen MR) is 113 cm³/mol. The second-order valence-electron chi connectivity index (χ2n) is 8.40. The molecule has 0 radical (unpaired) electrons. The van der Waals surface area contributed by atoms with E-state index in [2.05, 4.69) is 73.9 Å². The lowest BCUT2D eigenvalue weighted by atomic mass is 9.74. The summed E-state index contributed by atoms with van der Waals surface area (Å²) in [6.45, 7) is 6.42. The number of carbonyl (C=O) groups is 1. The molecule has 2 aromatic rings. The first-order chi connectivity index (χ1) is 12.9. The van der Waals surface area contributed by atoms with E-state index >= 15 is 0 Å². The first-order valence-corrected chi connectivity index (χ1v) is 9.55. The Balaban J connectivity index is 1.78. The molecule has 1 aliphatic carbocycles. The van der Waals surface area contributed by atoms with E-state index in [9.17, 15) is 4.79 Å². The Morgan fingerprint density at radius 1 is 1.04 bits per heavy atom. The summed E-state index contributed by atoms with van der Waals surface area (Å²) in [7, 11) is 0. The minimum Gasteiger partial charge on any atom is -0.373 e. The number of benzene rings is 2. The number of anilines is 2. The third-order valence-corrected chi connectivity index (χ3v) is 5.28. The topological polar surface area (TPSA) is 41.1 Å². The number of allylic oxidation sites excluding steroid dienone is 1. The summed E-state index contributed by atoms with van der Waals surface area (Å²) >= 11 is 0. The van der Waals surface area contributed by atoms with Crippen molar-refractivity contribution in [3.8, 4) is 0 Å². The van der Waals surface area contributed by atoms with Gasteiger partial charge in [0.25, 0.3) is 0 Å². The summed E-state index contributed by atoms with van der Waals surface area (Å²) in [5.74, 6) is 0.230. The third-order valence-electron chi connectivity index (χ3n) is 5.28. The van der Waals surface area contributed by atoms with Gasteiger partial charge >= 0.3 is 0 Å². The summed E-state index contributed by atoms with van der Waals surface area (Å²) in [5.41, 5.74) is 6.30. The molecule has 0 bridgehead atoms. The highest BCUT2D eigenvalue weighted by Crippen LogP contribution is 2.42. The summed E-state index contributed by atoms with van der Waals surface area (Å²) in [4.78, 5) is 13.1. The van der Waals surface area contributed by atoms with Crippen LogP contribution in [0.5, 0.6) is 0 Å². The van der Waals surface area contributed by atoms with Crippen LogP contribution in [0.15, 0.2) is 65.9 Å². The number of rotatable bonds is 2. The lowest BCUT2D eigenvalue weighted by molar-refractivity contribution is -0.118. The van der Waals surface area contributed by atoms with Gasteiger partial charge in [-0.3, -0.25) is 4.79 Å². The number of nitrogens with one attached hydrogen (secondary N) is 2. The Bertz CT molecular complexity index is 938. The zero-order valence-corrected chi connectivity index (χ0v) is 16.2. The Morgan fingerprint density at radius 2 is 1.81 bits per heavy atom. The maximum Gasteiger partial charge on any atom is 0.163 e. The van der Waals surface area contributed by atoms with Gasteiger partial charge in [-0.15, -0.1) is 0 Å². The lowest BCUT2D eigenvalue weighted by Crippen LogP contribution is -2.34. The standard InChI is InChI=1S/C24H26N2O/c1-16-9-11-18-20(13-16)26-19(12-10-17-7-5-4-6-8-17)23-21(25-18)14-24(2,3)15-22(23)27/h4-13,19,25-26H,14-15H2,1-3H3/b12-10+. The molecule has 4 rings (SSSR count). The van der Waals surface area contributed by atoms with E-state index in [4.69, 9.17) is 0 Å². The molecule has 0 amide bonds. The molecule has 0 saturated heterocycles. The Kier molecular flexibility index (Phi) is 4.39. The van der Waals surface area contributed by atoms with Crippen LogP contribution in [0.2, 0.25) is 0 Å². The normalized spacial score (nSPS) is 21.1. The van der Waals surface area contributed by atoms with E-state index < -0.39 is 0 Å². The van der Waals surface area contributed by atoms with Crippen LogP contribution >= 0.6 is 0 Å². The molecule has 3 nitrogen and oxygen atoms in total. The Hall–Kier alpha value is -2.81. The summed E-state index contributed by atoms with van der Waals surface area (Å²) in [6, 6.07) is 16.4. The number of aryl methyl sites for hydroxylation is 1. The van der Waals surface area contributed by atoms with E-state index in [0.717, 1.165) is 34.6 Å². The first kappa shape index (κ1) is 17.6. The van der Waals surface area contributed by atoms with E-state index in [0.29, 0.717) is 6.42 Å². The van der Waals surface area contributed by atoms with Gasteiger partial charge in [0.1, 0.15) is 0 Å². The molecule has 27 heavy (non-hydrogen) atoms. The van der Waals surface area contributed by atoms with Gasteiger partial charge in [0.15, 0.2) is 5.78 Å². The van der Waals surface area contributed by atoms with Crippen molar-refractivity contribution < 1.29 is 4.79 Å². The van der Waals surface area contributed by atoms with Crippen molar-refractivity contribution in [2.45, 2.75) is 39.7 Å². The molecule has 2 N–H and O–H groups in total. The fourth-order valence-corrected chi connectivity index (χ4v) is 4.01. The number of Topliss-reactive ketones (excluding diaryl/α,β-unsaturated/α-hetero) is 1. The van der Waals surface area contributed by atoms with Crippen molar-refractivity contribution in [3.05, 3.63) is 77.0 Å². The average molecular weight is 358 g/mol. The zero-order chi connectivity index (χ0) is 19.0. The molecule has 3 heteroatoms. The highest BCUT2D eigenvalue weighted by Gasteiger charge is 2.37. The second-order valence-corrected chi connectivity index (χ2v) is 8.40. The van der Waals surface area contributed by atoms with Crippen LogP contribution in [0.1, 0.15) is 37.8 Å². The van der Waals surface area contributed by atoms with Crippen molar-refractivity contribution in [2.24, 2.45) is 5.41 Å². The van der Waals surface area contributed by atoms with Gasteiger partial charge in [-0.25, -0.2) is 0 Å². The van der Waals surface area contributed by atoms with Crippen molar-refractivity contribution in [3.63, 3.8) is 0 Å². The van der Waals surface area contributed by atoms with Crippen LogP contribution in [0, 0.1) is 12.3 Å². The van der Waals surface area contributed by atoms with Crippen LogP contribution in [0.3, 0.4) is 0 Å². The van der Waals surface area contributed by atoms with Crippen LogP contribution in [-0.2, 0) is 4.79 Å². The predicted octanol–water partition coefficient (Wildman–Crippen LogP) is 5.56. The summed E-state index contributed by atoms with van der Waals surface area (Å²) < 4.78 is 0. The SMILES string of the molecule is Cc1ccc2c(c1)NC(/C=C/c1ccccc1)C1=C(CC(C)(C)CC1=O)N2. The molecule has 1 aliphatic heterocycles. The van der Waals surface area contributed by atoms with Crippen LogP contribution in [-0.4, -0.2) is 11.8 Å². The molecule has 1 atom stereocenters. The van der Waals surface area contributed by atoms with Crippen LogP contribution in [0.4, 0.5) is 11.4 Å². The monoisotopic (exact) mass is 358 g/mol. The quantitative estimate of drug-likeness (QED) is 0.739. The van der Waals surface area contributed by atoms with Gasteiger partial charge in [0, 0.05) is 17.7 Å². The molecule has 0 fully saturated rings. The van der Waals surface area contributed by atoms with Gasteiger partial charge < -0.3 is 10.6 Å². The van der Waals surface area contributed by atoms with Gasteiger partial charge in [0.05, 0.1) is 17.4 Å². The molecule has 0 spiro atoms.